The Morgan fingerprint density at radius 2 is 1.64 bits per heavy atom. The number of nitrogens with zero attached hydrogens (tertiary/aromatic N) is 6. The van der Waals surface area contributed by atoms with E-state index in [1.165, 1.54) is 19.3 Å². The van der Waals surface area contributed by atoms with Gasteiger partial charge in [0.15, 0.2) is 34.3 Å². The second kappa shape index (κ2) is 9.67. The van der Waals surface area contributed by atoms with Gasteiger partial charge in [-0.2, -0.15) is 5.10 Å². The maximum Gasteiger partial charge on any atom is 0.203 e. The van der Waals surface area contributed by atoms with E-state index >= 15 is 0 Å². The first-order valence-corrected chi connectivity index (χ1v) is 12.3. The van der Waals surface area contributed by atoms with Crippen LogP contribution in [0.4, 0.5) is 11.5 Å². The number of ether oxygens (including phenoxy) is 3. The average molecular weight is 492 g/mol. The number of hydrogen-bond acceptors (Lipinski definition) is 8. The van der Waals surface area contributed by atoms with Gasteiger partial charge in [-0.25, -0.2) is 15.0 Å². The highest BCUT2D eigenvalue weighted by molar-refractivity contribution is 5.88. The molecule has 3 aromatic heterocycles. The van der Waals surface area contributed by atoms with Crippen molar-refractivity contribution in [1.82, 2.24) is 29.3 Å². The van der Waals surface area contributed by atoms with Crippen LogP contribution < -0.4 is 19.5 Å². The summed E-state index contributed by atoms with van der Waals surface area (Å²) in [4.78, 5) is 14.7. The van der Waals surface area contributed by atoms with Gasteiger partial charge in [0.1, 0.15) is 0 Å². The lowest BCUT2D eigenvalue weighted by Crippen LogP contribution is -2.13. The quantitative estimate of drug-likeness (QED) is 0.380. The lowest BCUT2D eigenvalue weighted by atomic mass is 9.95. The third-order valence-electron chi connectivity index (χ3n) is 7.05. The highest BCUT2D eigenvalue weighted by Crippen LogP contribution is 2.41. The number of hydrogen-bond donors (Lipinski definition) is 1. The molecule has 0 atom stereocenters. The topological polar surface area (TPSA) is 101 Å². The number of aromatic nitrogens is 6. The molecule has 190 valence electrons. The number of imidazole rings is 1. The van der Waals surface area contributed by atoms with E-state index in [2.05, 4.69) is 15.0 Å². The Morgan fingerprint density at radius 3 is 2.22 bits per heavy atom. The van der Waals surface area contributed by atoms with Gasteiger partial charge >= 0.3 is 0 Å². The smallest absolute Gasteiger partial charge is 0.203 e. The van der Waals surface area contributed by atoms with E-state index in [4.69, 9.17) is 29.2 Å². The maximum atomic E-state index is 5.55. The van der Waals surface area contributed by atoms with E-state index in [0.717, 1.165) is 46.6 Å². The molecule has 10 nitrogen and oxygen atoms in total. The molecule has 0 saturated heterocycles. The van der Waals surface area contributed by atoms with Gasteiger partial charge in [-0.1, -0.05) is 19.3 Å². The molecular formula is C26H33N7O3. The third-order valence-corrected chi connectivity index (χ3v) is 7.05. The van der Waals surface area contributed by atoms with Crippen LogP contribution in [0.5, 0.6) is 17.2 Å². The number of fused-ring (bicyclic) bond motifs is 1. The molecule has 5 rings (SSSR count). The Morgan fingerprint density at radius 1 is 0.944 bits per heavy atom. The summed E-state index contributed by atoms with van der Waals surface area (Å²) in [7, 11) is 6.72. The first-order valence-electron chi connectivity index (χ1n) is 12.3. The van der Waals surface area contributed by atoms with Crippen molar-refractivity contribution in [2.24, 2.45) is 7.05 Å². The zero-order chi connectivity index (χ0) is 25.4. The van der Waals surface area contributed by atoms with Crippen molar-refractivity contribution >= 4 is 22.7 Å². The number of methoxy groups -OCH3 is 3. The van der Waals surface area contributed by atoms with E-state index in [0.29, 0.717) is 34.9 Å². The van der Waals surface area contributed by atoms with E-state index < -0.39 is 0 Å². The molecule has 1 saturated carbocycles. The Bertz CT molecular complexity index is 1380. The summed E-state index contributed by atoms with van der Waals surface area (Å²) in [6.07, 6.45) is 7.89. The van der Waals surface area contributed by atoms with Crippen molar-refractivity contribution in [2.75, 3.05) is 26.6 Å². The summed E-state index contributed by atoms with van der Waals surface area (Å²) in [5.74, 6) is 2.87. The fourth-order valence-electron chi connectivity index (χ4n) is 5.13. The Balaban J connectivity index is 1.68. The standard InChI is InChI=1S/C26H33N7O3/c1-15-21(16(2)32(3)31-15)24-29-25(28-17-12-19(34-4)23(36-6)20(13-17)35-5)22-26(30-24)33(14-27-22)18-10-8-7-9-11-18/h12-14,18H,7-11H2,1-6H3,(H,28,29,30). The molecule has 0 aliphatic heterocycles. The van der Waals surface area contributed by atoms with Gasteiger partial charge in [0.05, 0.1) is 38.9 Å². The Kier molecular flexibility index (Phi) is 6.42. The molecule has 0 radical (unpaired) electrons. The first kappa shape index (κ1) is 23.9. The van der Waals surface area contributed by atoms with Crippen LogP contribution in [0.2, 0.25) is 0 Å². The van der Waals surface area contributed by atoms with Crippen LogP contribution in [0.25, 0.3) is 22.6 Å². The number of anilines is 2. The number of nitrogens with one attached hydrogen (secondary N) is 1. The molecule has 0 amide bonds. The fourth-order valence-corrected chi connectivity index (χ4v) is 5.13. The van der Waals surface area contributed by atoms with Gasteiger partial charge in [-0.05, 0) is 26.7 Å². The van der Waals surface area contributed by atoms with Crippen molar-refractivity contribution < 1.29 is 14.2 Å². The summed E-state index contributed by atoms with van der Waals surface area (Å²) in [5, 5.41) is 8.04. The van der Waals surface area contributed by atoms with Gasteiger partial charge < -0.3 is 24.1 Å². The lowest BCUT2D eigenvalue weighted by molar-refractivity contribution is 0.324. The van der Waals surface area contributed by atoms with Gasteiger partial charge in [0.25, 0.3) is 0 Å². The van der Waals surface area contributed by atoms with Crippen LogP contribution in [0.3, 0.4) is 0 Å². The van der Waals surface area contributed by atoms with E-state index in [9.17, 15) is 0 Å². The van der Waals surface area contributed by atoms with E-state index in [1.807, 2.05) is 44.0 Å². The molecule has 1 fully saturated rings. The van der Waals surface area contributed by atoms with Crippen LogP contribution in [0.1, 0.15) is 49.5 Å². The lowest BCUT2D eigenvalue weighted by Gasteiger charge is -2.23. The fraction of sp³-hybridized carbons (Fsp3) is 0.462. The molecule has 1 aromatic carbocycles. The highest BCUT2D eigenvalue weighted by atomic mass is 16.5. The second-order valence-corrected chi connectivity index (χ2v) is 9.22. The Hall–Kier alpha value is -3.82. The molecular weight excluding hydrogens is 458 g/mol. The molecule has 0 unspecified atom stereocenters. The SMILES string of the molecule is COc1cc(Nc2nc(-c3c(C)nn(C)c3C)nc3c2ncn3C2CCCCC2)cc(OC)c1OC. The summed E-state index contributed by atoms with van der Waals surface area (Å²) in [6, 6.07) is 4.10. The summed E-state index contributed by atoms with van der Waals surface area (Å²) in [6.45, 7) is 4.02. The highest BCUT2D eigenvalue weighted by Gasteiger charge is 2.24. The molecule has 1 aliphatic carbocycles. The summed E-state index contributed by atoms with van der Waals surface area (Å²) in [5.41, 5.74) is 5.11. The van der Waals surface area contributed by atoms with Crippen LogP contribution in [-0.4, -0.2) is 50.6 Å². The largest absolute Gasteiger partial charge is 0.493 e. The van der Waals surface area contributed by atoms with Crippen LogP contribution in [0, 0.1) is 13.8 Å². The number of rotatable bonds is 7. The van der Waals surface area contributed by atoms with Crippen molar-refractivity contribution in [3.63, 3.8) is 0 Å². The number of benzene rings is 1. The predicted octanol–water partition coefficient (Wildman–Crippen LogP) is 5.12. The van der Waals surface area contributed by atoms with E-state index in [-0.39, 0.29) is 0 Å². The van der Waals surface area contributed by atoms with Crippen LogP contribution in [-0.2, 0) is 7.05 Å². The van der Waals surface area contributed by atoms with Crippen LogP contribution >= 0.6 is 0 Å². The van der Waals surface area contributed by atoms with Crippen molar-refractivity contribution in [2.45, 2.75) is 52.0 Å². The molecule has 1 N–H and O–H groups in total. The first-order chi connectivity index (χ1) is 17.4. The van der Waals surface area contributed by atoms with Gasteiger partial charge in [0, 0.05) is 36.6 Å². The molecule has 36 heavy (non-hydrogen) atoms. The summed E-state index contributed by atoms with van der Waals surface area (Å²) < 4.78 is 20.7. The zero-order valence-electron chi connectivity index (χ0n) is 21.8. The molecule has 1 aliphatic rings. The molecule has 3 heterocycles. The van der Waals surface area contributed by atoms with Gasteiger partial charge in [0.2, 0.25) is 5.75 Å². The molecule has 10 heteroatoms. The molecule has 0 bridgehead atoms. The third kappa shape index (κ3) is 4.10. The molecule has 4 aromatic rings. The van der Waals surface area contributed by atoms with Crippen LogP contribution in [0.15, 0.2) is 18.5 Å². The molecule has 0 spiro atoms. The number of aryl methyl sites for hydroxylation is 2. The van der Waals surface area contributed by atoms with Gasteiger partial charge in [-0.3, -0.25) is 4.68 Å². The average Bonchev–Trinajstić information content (AvgIpc) is 3.43. The minimum Gasteiger partial charge on any atom is -0.493 e. The van der Waals surface area contributed by atoms with Crippen molar-refractivity contribution in [3.8, 4) is 28.6 Å². The normalized spacial score (nSPS) is 14.3. The Labute approximate surface area is 210 Å². The van der Waals surface area contributed by atoms with Gasteiger partial charge in [-0.15, -0.1) is 0 Å². The minimum absolute atomic E-state index is 0.386. The minimum atomic E-state index is 0.386. The zero-order valence-corrected chi connectivity index (χ0v) is 21.8. The maximum absolute atomic E-state index is 5.55. The van der Waals surface area contributed by atoms with Crippen molar-refractivity contribution in [3.05, 3.63) is 29.8 Å². The van der Waals surface area contributed by atoms with E-state index in [1.54, 1.807) is 21.3 Å². The summed E-state index contributed by atoms with van der Waals surface area (Å²) >= 11 is 0. The second-order valence-electron chi connectivity index (χ2n) is 9.22. The predicted molar refractivity (Wildman–Crippen MR) is 139 cm³/mol. The van der Waals surface area contributed by atoms with Crippen molar-refractivity contribution in [1.29, 1.82) is 0 Å². The monoisotopic (exact) mass is 491 g/mol.